The van der Waals surface area contributed by atoms with Gasteiger partial charge in [-0.3, -0.25) is 9.59 Å². The van der Waals surface area contributed by atoms with E-state index in [0.717, 1.165) is 6.42 Å². The molecule has 0 saturated carbocycles. The zero-order valence-corrected chi connectivity index (χ0v) is 13.0. The summed E-state index contributed by atoms with van der Waals surface area (Å²) in [5.74, 6) is -2.14. The molecular formula is C12H22N2O6S. The monoisotopic (exact) mass is 322 g/mol. The van der Waals surface area contributed by atoms with Gasteiger partial charge in [0.15, 0.2) is 0 Å². The van der Waals surface area contributed by atoms with E-state index in [1.54, 1.807) is 0 Å². The maximum atomic E-state index is 12.2. The second-order valence-electron chi connectivity index (χ2n) is 5.71. The molecule has 122 valence electrons. The molecule has 0 aliphatic carbocycles. The number of aliphatic carboxylic acids is 2. The molecule has 0 amide bonds. The summed E-state index contributed by atoms with van der Waals surface area (Å²) in [7, 11) is -3.93. The highest BCUT2D eigenvalue weighted by molar-refractivity contribution is 7.87. The minimum absolute atomic E-state index is 0.202. The van der Waals surface area contributed by atoms with E-state index in [1.807, 2.05) is 13.8 Å². The molecule has 1 fully saturated rings. The molecule has 2 unspecified atom stereocenters. The Morgan fingerprint density at radius 1 is 1.24 bits per heavy atom. The van der Waals surface area contributed by atoms with E-state index in [-0.39, 0.29) is 18.3 Å². The zero-order chi connectivity index (χ0) is 16.2. The Morgan fingerprint density at radius 3 is 2.19 bits per heavy atom. The van der Waals surface area contributed by atoms with Crippen LogP contribution in [0.2, 0.25) is 0 Å². The third-order valence-electron chi connectivity index (χ3n) is 3.41. The lowest BCUT2D eigenvalue weighted by Gasteiger charge is -2.34. The topological polar surface area (TPSA) is 124 Å². The Kier molecular flexibility index (Phi) is 6.11. The van der Waals surface area contributed by atoms with E-state index >= 15 is 0 Å². The summed E-state index contributed by atoms with van der Waals surface area (Å²) in [5, 5.41) is 17.6. The van der Waals surface area contributed by atoms with Gasteiger partial charge in [0.25, 0.3) is 10.2 Å². The summed E-state index contributed by atoms with van der Waals surface area (Å²) in [5.41, 5.74) is 0. The Balaban J connectivity index is 2.76. The molecule has 1 aliphatic rings. The third kappa shape index (κ3) is 5.60. The number of carbonyl (C=O) groups is 2. The summed E-state index contributed by atoms with van der Waals surface area (Å²) < 4.78 is 27.8. The predicted octanol–water partition coefficient (Wildman–Crippen LogP) is 0.117. The van der Waals surface area contributed by atoms with Crippen molar-refractivity contribution in [3.63, 3.8) is 0 Å². The molecule has 0 bridgehead atoms. The highest BCUT2D eigenvalue weighted by Gasteiger charge is 2.33. The standard InChI is InChI=1S/C12H22N2O6S/c1-8-5-9(2)7-14(6-8)21(19,20)13-10(12(17)18)3-4-11(15)16/h8-10,13H,3-7H2,1-2H3,(H,15,16)(H,17,18)/t8?,9?,10-/m0/s1. The largest absolute Gasteiger partial charge is 0.481 e. The molecule has 0 aromatic rings. The van der Waals surface area contributed by atoms with Gasteiger partial charge in [-0.15, -0.1) is 0 Å². The van der Waals surface area contributed by atoms with E-state index < -0.39 is 34.6 Å². The SMILES string of the molecule is CC1CC(C)CN(S(=O)(=O)N[C@@H](CCC(=O)O)C(=O)O)C1. The van der Waals surface area contributed by atoms with Crippen molar-refractivity contribution in [3.05, 3.63) is 0 Å². The van der Waals surface area contributed by atoms with Crippen molar-refractivity contribution in [2.75, 3.05) is 13.1 Å². The van der Waals surface area contributed by atoms with Crippen LogP contribution in [-0.4, -0.2) is 54.0 Å². The Bertz CT molecular complexity index is 482. The lowest BCUT2D eigenvalue weighted by atomic mass is 9.94. The van der Waals surface area contributed by atoms with Gasteiger partial charge < -0.3 is 10.2 Å². The first-order valence-electron chi connectivity index (χ1n) is 6.83. The van der Waals surface area contributed by atoms with Crippen LogP contribution in [0.4, 0.5) is 0 Å². The maximum Gasteiger partial charge on any atom is 0.321 e. The van der Waals surface area contributed by atoms with E-state index in [2.05, 4.69) is 4.72 Å². The summed E-state index contributed by atoms with van der Waals surface area (Å²) >= 11 is 0. The molecule has 3 N–H and O–H groups in total. The van der Waals surface area contributed by atoms with Crippen molar-refractivity contribution in [2.24, 2.45) is 11.8 Å². The average molecular weight is 322 g/mol. The van der Waals surface area contributed by atoms with Crippen molar-refractivity contribution >= 4 is 22.1 Å². The molecule has 3 atom stereocenters. The van der Waals surface area contributed by atoms with Crippen molar-refractivity contribution in [3.8, 4) is 0 Å². The molecule has 1 rings (SSSR count). The normalized spacial score (nSPS) is 25.4. The minimum atomic E-state index is -3.93. The maximum absolute atomic E-state index is 12.2. The summed E-state index contributed by atoms with van der Waals surface area (Å²) in [6, 6.07) is -1.43. The number of hydrogen-bond donors (Lipinski definition) is 3. The van der Waals surface area contributed by atoms with Crippen LogP contribution in [0, 0.1) is 11.8 Å². The first kappa shape index (κ1) is 17.9. The first-order valence-corrected chi connectivity index (χ1v) is 8.27. The number of rotatable bonds is 7. The Labute approximate surface area is 124 Å². The molecular weight excluding hydrogens is 300 g/mol. The molecule has 1 aliphatic heterocycles. The smallest absolute Gasteiger partial charge is 0.321 e. The zero-order valence-electron chi connectivity index (χ0n) is 12.2. The minimum Gasteiger partial charge on any atom is -0.481 e. The summed E-state index contributed by atoms with van der Waals surface area (Å²) in [4.78, 5) is 21.6. The van der Waals surface area contributed by atoms with E-state index in [1.165, 1.54) is 4.31 Å². The van der Waals surface area contributed by atoms with Crippen LogP contribution in [0.15, 0.2) is 0 Å². The van der Waals surface area contributed by atoms with Crippen LogP contribution < -0.4 is 4.72 Å². The van der Waals surface area contributed by atoms with Gasteiger partial charge in [-0.2, -0.15) is 17.4 Å². The summed E-state index contributed by atoms with van der Waals surface area (Å²) in [6.45, 7) is 4.56. The van der Waals surface area contributed by atoms with Crippen LogP contribution in [0.25, 0.3) is 0 Å². The van der Waals surface area contributed by atoms with Crippen LogP contribution >= 0.6 is 0 Å². The lowest BCUT2D eigenvalue weighted by molar-refractivity contribution is -0.140. The molecule has 0 radical (unpaired) electrons. The van der Waals surface area contributed by atoms with Crippen molar-refractivity contribution in [1.82, 2.24) is 9.03 Å². The van der Waals surface area contributed by atoms with Crippen molar-refractivity contribution in [1.29, 1.82) is 0 Å². The molecule has 0 aromatic heterocycles. The molecule has 21 heavy (non-hydrogen) atoms. The molecule has 0 spiro atoms. The van der Waals surface area contributed by atoms with Crippen molar-refractivity contribution in [2.45, 2.75) is 39.2 Å². The highest BCUT2D eigenvalue weighted by Crippen LogP contribution is 2.22. The molecule has 1 saturated heterocycles. The van der Waals surface area contributed by atoms with Crippen LogP contribution in [-0.2, 0) is 19.8 Å². The highest BCUT2D eigenvalue weighted by atomic mass is 32.2. The predicted molar refractivity (Wildman–Crippen MR) is 74.9 cm³/mol. The fraction of sp³-hybridized carbons (Fsp3) is 0.833. The van der Waals surface area contributed by atoms with Gasteiger partial charge in [0.1, 0.15) is 6.04 Å². The van der Waals surface area contributed by atoms with Crippen LogP contribution in [0.3, 0.4) is 0 Å². The molecule has 1 heterocycles. The number of nitrogens with one attached hydrogen (secondary N) is 1. The van der Waals surface area contributed by atoms with Gasteiger partial charge in [0, 0.05) is 19.5 Å². The van der Waals surface area contributed by atoms with E-state index in [9.17, 15) is 18.0 Å². The second-order valence-corrected chi connectivity index (χ2v) is 7.41. The van der Waals surface area contributed by atoms with Gasteiger partial charge in [-0.25, -0.2) is 0 Å². The average Bonchev–Trinajstić information content (AvgIpc) is 2.32. The van der Waals surface area contributed by atoms with Gasteiger partial charge in [-0.05, 0) is 24.7 Å². The fourth-order valence-corrected chi connectivity index (χ4v) is 4.19. The lowest BCUT2D eigenvalue weighted by Crippen LogP contribution is -2.52. The summed E-state index contributed by atoms with van der Waals surface area (Å²) in [6.07, 6.45) is 0.225. The molecule has 8 nitrogen and oxygen atoms in total. The number of nitrogens with zero attached hydrogens (tertiary/aromatic N) is 1. The number of hydrogen-bond acceptors (Lipinski definition) is 4. The molecule has 9 heteroatoms. The second kappa shape index (κ2) is 7.19. The van der Waals surface area contributed by atoms with E-state index in [0.29, 0.717) is 13.1 Å². The van der Waals surface area contributed by atoms with Gasteiger partial charge >= 0.3 is 11.9 Å². The Hall–Kier alpha value is -1.19. The van der Waals surface area contributed by atoms with Crippen LogP contribution in [0.1, 0.15) is 33.1 Å². The Morgan fingerprint density at radius 2 is 1.76 bits per heavy atom. The van der Waals surface area contributed by atoms with Crippen molar-refractivity contribution < 1.29 is 28.2 Å². The number of carboxylic acids is 2. The first-order chi connectivity index (χ1) is 9.61. The van der Waals surface area contributed by atoms with Crippen LogP contribution in [0.5, 0.6) is 0 Å². The number of carboxylic acid groups (broad SMARTS) is 2. The van der Waals surface area contributed by atoms with Gasteiger partial charge in [0.05, 0.1) is 0 Å². The van der Waals surface area contributed by atoms with Gasteiger partial charge in [0.2, 0.25) is 0 Å². The quantitative estimate of drug-likeness (QED) is 0.611. The van der Waals surface area contributed by atoms with E-state index in [4.69, 9.17) is 10.2 Å². The third-order valence-corrected chi connectivity index (χ3v) is 4.97. The molecule has 0 aromatic carbocycles. The fourth-order valence-electron chi connectivity index (χ4n) is 2.56. The van der Waals surface area contributed by atoms with Gasteiger partial charge in [-0.1, -0.05) is 13.8 Å². The number of piperidine rings is 1.